The third-order valence-corrected chi connectivity index (χ3v) is 5.78. The van der Waals surface area contributed by atoms with E-state index in [0.717, 1.165) is 47.4 Å². The van der Waals surface area contributed by atoms with Crippen molar-refractivity contribution in [1.29, 1.82) is 0 Å². The number of carbonyl (C=O) groups excluding carboxylic acids is 1. The van der Waals surface area contributed by atoms with Crippen LogP contribution in [0.5, 0.6) is 0 Å². The minimum absolute atomic E-state index is 0.00297. The summed E-state index contributed by atoms with van der Waals surface area (Å²) in [6, 6.07) is 5.98. The second-order valence-electron chi connectivity index (χ2n) is 7.83. The van der Waals surface area contributed by atoms with Crippen LogP contribution in [0.1, 0.15) is 37.3 Å². The van der Waals surface area contributed by atoms with Gasteiger partial charge < -0.3 is 4.57 Å². The third-order valence-electron chi connectivity index (χ3n) is 5.78. The molecule has 7 heteroatoms. The van der Waals surface area contributed by atoms with Gasteiger partial charge in [0.2, 0.25) is 5.92 Å². The number of ketones is 1. The number of Topliss-reactive ketones (excluding diaryl/α,β-unsaturated/α-hetero) is 1. The van der Waals surface area contributed by atoms with Gasteiger partial charge in [-0.2, -0.15) is 0 Å². The Bertz CT molecular complexity index is 1070. The van der Waals surface area contributed by atoms with Gasteiger partial charge >= 0.3 is 0 Å². The SMILES string of the molecule is O=C(Cc1ncc2ccc(-c3cnc4n3CCCC4)cc2n1)C1CC(F)(F)C1. The van der Waals surface area contributed by atoms with E-state index in [2.05, 4.69) is 19.5 Å². The molecular weight excluding hydrogens is 362 g/mol. The largest absolute Gasteiger partial charge is 0.328 e. The van der Waals surface area contributed by atoms with Crippen LogP contribution in [-0.2, 0) is 24.2 Å². The van der Waals surface area contributed by atoms with E-state index in [1.807, 2.05) is 24.4 Å². The standard InChI is InChI=1S/C21H20F2N4O/c22-21(23)9-15(10-21)18(28)8-19-24-11-14-5-4-13(7-16(14)26-19)17-12-25-20-3-1-2-6-27(17)20/h4-5,7,11-12,15H,1-3,6,8-10H2. The van der Waals surface area contributed by atoms with Crippen LogP contribution in [0.3, 0.4) is 0 Å². The Balaban J connectivity index is 1.42. The highest BCUT2D eigenvalue weighted by atomic mass is 19.3. The molecule has 3 aromatic rings. The Morgan fingerprint density at radius 1 is 1.18 bits per heavy atom. The number of halogens is 2. The van der Waals surface area contributed by atoms with Gasteiger partial charge in [0, 0.05) is 48.9 Å². The van der Waals surface area contributed by atoms with Crippen molar-refractivity contribution in [3.05, 3.63) is 42.2 Å². The zero-order chi connectivity index (χ0) is 19.3. The van der Waals surface area contributed by atoms with Crippen LogP contribution in [0.2, 0.25) is 0 Å². The van der Waals surface area contributed by atoms with E-state index in [-0.39, 0.29) is 25.0 Å². The number of hydrogen-bond donors (Lipinski definition) is 0. The quantitative estimate of drug-likeness (QED) is 0.685. The molecule has 144 valence electrons. The maximum Gasteiger partial charge on any atom is 0.249 e. The lowest BCUT2D eigenvalue weighted by molar-refractivity contribution is -0.147. The first-order valence-corrected chi connectivity index (χ1v) is 9.69. The molecule has 1 saturated carbocycles. The van der Waals surface area contributed by atoms with Crippen molar-refractivity contribution in [3.8, 4) is 11.3 Å². The summed E-state index contributed by atoms with van der Waals surface area (Å²) in [7, 11) is 0. The van der Waals surface area contributed by atoms with Crippen molar-refractivity contribution in [3.63, 3.8) is 0 Å². The molecule has 0 unspecified atom stereocenters. The number of aryl methyl sites for hydroxylation is 1. The van der Waals surface area contributed by atoms with Crippen molar-refractivity contribution in [2.75, 3.05) is 0 Å². The molecule has 1 fully saturated rings. The first kappa shape index (κ1) is 17.4. The maximum atomic E-state index is 13.0. The summed E-state index contributed by atoms with van der Waals surface area (Å²) < 4.78 is 28.3. The van der Waals surface area contributed by atoms with Gasteiger partial charge in [-0.1, -0.05) is 12.1 Å². The number of hydrogen-bond acceptors (Lipinski definition) is 4. The van der Waals surface area contributed by atoms with E-state index in [0.29, 0.717) is 5.82 Å². The van der Waals surface area contributed by atoms with Gasteiger partial charge in [0.05, 0.1) is 23.8 Å². The van der Waals surface area contributed by atoms with Gasteiger partial charge in [-0.15, -0.1) is 0 Å². The highest BCUT2D eigenvalue weighted by Crippen LogP contribution is 2.43. The number of aromatic nitrogens is 4. The molecule has 0 atom stereocenters. The van der Waals surface area contributed by atoms with Gasteiger partial charge in [-0.3, -0.25) is 4.79 Å². The van der Waals surface area contributed by atoms with Crippen molar-refractivity contribution in [1.82, 2.24) is 19.5 Å². The number of imidazole rings is 1. The zero-order valence-corrected chi connectivity index (χ0v) is 15.4. The fourth-order valence-electron chi connectivity index (χ4n) is 4.14. The van der Waals surface area contributed by atoms with Crippen molar-refractivity contribution >= 4 is 16.7 Å². The lowest BCUT2D eigenvalue weighted by Crippen LogP contribution is -2.40. The summed E-state index contributed by atoms with van der Waals surface area (Å²) in [6.45, 7) is 0.970. The minimum Gasteiger partial charge on any atom is -0.328 e. The molecular formula is C21H20F2N4O. The molecule has 1 aromatic carbocycles. The van der Waals surface area contributed by atoms with Crippen molar-refractivity contribution in [2.24, 2.45) is 5.92 Å². The molecule has 3 heterocycles. The zero-order valence-electron chi connectivity index (χ0n) is 15.4. The Hall–Kier alpha value is -2.70. The summed E-state index contributed by atoms with van der Waals surface area (Å²) >= 11 is 0. The van der Waals surface area contributed by atoms with Crippen LogP contribution >= 0.6 is 0 Å². The molecule has 0 saturated heterocycles. The number of rotatable bonds is 4. The van der Waals surface area contributed by atoms with Gasteiger partial charge in [0.1, 0.15) is 17.4 Å². The second kappa shape index (κ2) is 6.43. The normalized spacial score (nSPS) is 18.6. The van der Waals surface area contributed by atoms with E-state index in [1.54, 1.807) is 6.20 Å². The number of alkyl halides is 2. The number of benzene rings is 1. The molecule has 0 N–H and O–H groups in total. The fraction of sp³-hybridized carbons (Fsp3) is 0.429. The molecule has 0 amide bonds. The number of fused-ring (bicyclic) bond motifs is 2. The Morgan fingerprint density at radius 2 is 2.04 bits per heavy atom. The van der Waals surface area contributed by atoms with Crippen molar-refractivity contribution < 1.29 is 13.6 Å². The monoisotopic (exact) mass is 382 g/mol. The van der Waals surface area contributed by atoms with E-state index >= 15 is 0 Å². The van der Waals surface area contributed by atoms with Gasteiger partial charge in [-0.05, 0) is 18.9 Å². The Labute approximate surface area is 160 Å². The van der Waals surface area contributed by atoms with Crippen LogP contribution in [0.15, 0.2) is 30.6 Å². The summed E-state index contributed by atoms with van der Waals surface area (Å²) in [5.41, 5.74) is 2.85. The summed E-state index contributed by atoms with van der Waals surface area (Å²) in [5.74, 6) is -1.96. The maximum absolute atomic E-state index is 13.0. The smallest absolute Gasteiger partial charge is 0.249 e. The van der Waals surface area contributed by atoms with E-state index in [9.17, 15) is 13.6 Å². The minimum atomic E-state index is -2.69. The number of nitrogens with zero attached hydrogens (tertiary/aromatic N) is 4. The molecule has 0 spiro atoms. The number of carbonyl (C=O) groups is 1. The van der Waals surface area contributed by atoms with E-state index in [1.165, 1.54) is 6.42 Å². The van der Waals surface area contributed by atoms with Gasteiger partial charge in [0.25, 0.3) is 0 Å². The lowest BCUT2D eigenvalue weighted by Gasteiger charge is -2.33. The molecule has 2 aromatic heterocycles. The first-order chi connectivity index (χ1) is 13.5. The molecule has 1 aliphatic carbocycles. The van der Waals surface area contributed by atoms with Crippen LogP contribution in [-0.4, -0.2) is 31.2 Å². The average Bonchev–Trinajstić information content (AvgIpc) is 3.09. The van der Waals surface area contributed by atoms with Crippen LogP contribution in [0, 0.1) is 5.92 Å². The fourth-order valence-corrected chi connectivity index (χ4v) is 4.14. The average molecular weight is 382 g/mol. The second-order valence-corrected chi connectivity index (χ2v) is 7.83. The predicted octanol–water partition coefficient (Wildman–Crippen LogP) is 3.99. The first-order valence-electron chi connectivity index (χ1n) is 9.69. The van der Waals surface area contributed by atoms with E-state index in [4.69, 9.17) is 0 Å². The summed E-state index contributed by atoms with van der Waals surface area (Å²) in [5, 5.41) is 0.883. The molecule has 0 bridgehead atoms. The van der Waals surface area contributed by atoms with Crippen molar-refractivity contribution in [2.45, 2.75) is 51.0 Å². The highest BCUT2D eigenvalue weighted by Gasteiger charge is 2.48. The third kappa shape index (κ3) is 3.08. The molecule has 28 heavy (non-hydrogen) atoms. The van der Waals surface area contributed by atoms with E-state index < -0.39 is 11.8 Å². The summed E-state index contributed by atoms with van der Waals surface area (Å²) in [4.78, 5) is 25.5. The van der Waals surface area contributed by atoms with Crippen LogP contribution < -0.4 is 0 Å². The molecule has 5 rings (SSSR count). The lowest BCUT2D eigenvalue weighted by atomic mass is 9.77. The molecule has 5 nitrogen and oxygen atoms in total. The molecule has 1 aliphatic heterocycles. The summed E-state index contributed by atoms with van der Waals surface area (Å²) in [6.07, 6.45) is 6.22. The Kier molecular flexibility index (Phi) is 4.00. The van der Waals surface area contributed by atoms with Gasteiger partial charge in [-0.25, -0.2) is 23.7 Å². The molecule has 0 radical (unpaired) electrons. The van der Waals surface area contributed by atoms with Crippen LogP contribution in [0.25, 0.3) is 22.2 Å². The van der Waals surface area contributed by atoms with Gasteiger partial charge in [0.15, 0.2) is 0 Å². The topological polar surface area (TPSA) is 60.7 Å². The van der Waals surface area contributed by atoms with Crippen LogP contribution in [0.4, 0.5) is 8.78 Å². The highest BCUT2D eigenvalue weighted by molar-refractivity contribution is 5.86. The predicted molar refractivity (Wildman–Crippen MR) is 100 cm³/mol. The molecule has 2 aliphatic rings. The Morgan fingerprint density at radius 3 is 2.86 bits per heavy atom.